The Morgan fingerprint density at radius 3 is 2.76 bits per heavy atom. The third-order valence-corrected chi connectivity index (χ3v) is 4.09. The van der Waals surface area contributed by atoms with E-state index in [1.165, 1.54) is 24.8 Å². The van der Waals surface area contributed by atoms with E-state index in [1.807, 2.05) is 12.4 Å². The lowest BCUT2D eigenvalue weighted by Gasteiger charge is -2.36. The van der Waals surface area contributed by atoms with Crippen LogP contribution in [0.15, 0.2) is 24.5 Å². The predicted molar refractivity (Wildman–Crippen MR) is 73.4 cm³/mol. The Balaban J connectivity index is 1.67. The Labute approximate surface area is 112 Å². The molecule has 1 aromatic heterocycles. The van der Waals surface area contributed by atoms with Gasteiger partial charge in [-0.15, -0.1) is 0 Å². The van der Waals surface area contributed by atoms with Crippen LogP contribution in [0.25, 0.3) is 0 Å². The van der Waals surface area contributed by atoms with Crippen molar-refractivity contribution in [1.82, 2.24) is 4.98 Å². The molecule has 0 saturated heterocycles. The minimum absolute atomic E-state index is 0.533. The van der Waals surface area contributed by atoms with Gasteiger partial charge < -0.3 is 4.74 Å². The average Bonchev–Trinajstić information content (AvgIpc) is 2.27. The maximum absolute atomic E-state index is 5.58. The van der Waals surface area contributed by atoms with E-state index in [9.17, 15) is 0 Å². The van der Waals surface area contributed by atoms with E-state index in [0.29, 0.717) is 10.9 Å². The molecule has 1 unspecified atom stereocenters. The van der Waals surface area contributed by atoms with Crippen molar-refractivity contribution >= 4 is 15.9 Å². The zero-order chi connectivity index (χ0) is 12.1. The fourth-order valence-corrected chi connectivity index (χ4v) is 3.36. The highest BCUT2D eigenvalue weighted by atomic mass is 79.9. The molecule has 0 amide bonds. The fraction of sp³-hybridized carbons (Fsp3) is 0.643. The summed E-state index contributed by atoms with van der Waals surface area (Å²) in [5.74, 6) is 0.845. The summed E-state index contributed by atoms with van der Waals surface area (Å²) >= 11 is 3.79. The molecule has 0 N–H and O–H groups in total. The summed E-state index contributed by atoms with van der Waals surface area (Å²) in [6.45, 7) is 2.93. The number of aromatic nitrogens is 1. The van der Waals surface area contributed by atoms with Crippen LogP contribution < -0.4 is 0 Å². The Kier molecular flexibility index (Phi) is 4.99. The standard InChI is InChI=1S/C14H20BrNO/c1-2-17-14-9-12(10-14)8-13(15)7-11-3-5-16-6-4-11/h3-6,12-14H,2,7-10H2,1H3. The molecular weight excluding hydrogens is 278 g/mol. The minimum Gasteiger partial charge on any atom is -0.378 e. The number of rotatable bonds is 6. The van der Waals surface area contributed by atoms with Crippen molar-refractivity contribution < 1.29 is 4.74 Å². The topological polar surface area (TPSA) is 22.1 Å². The molecule has 0 aromatic carbocycles. The molecule has 2 rings (SSSR count). The second-order valence-electron chi connectivity index (χ2n) is 4.81. The molecule has 3 heteroatoms. The van der Waals surface area contributed by atoms with Crippen molar-refractivity contribution in [3.05, 3.63) is 30.1 Å². The summed E-state index contributed by atoms with van der Waals surface area (Å²) < 4.78 is 5.58. The van der Waals surface area contributed by atoms with Gasteiger partial charge >= 0.3 is 0 Å². The lowest BCUT2D eigenvalue weighted by atomic mass is 9.79. The van der Waals surface area contributed by atoms with Gasteiger partial charge in [0.2, 0.25) is 0 Å². The van der Waals surface area contributed by atoms with Crippen LogP contribution in [0.2, 0.25) is 0 Å². The molecule has 1 aliphatic rings. The van der Waals surface area contributed by atoms with E-state index in [1.54, 1.807) is 0 Å². The fourth-order valence-electron chi connectivity index (χ4n) is 2.46. The molecule has 1 aromatic rings. The van der Waals surface area contributed by atoms with Gasteiger partial charge in [-0.3, -0.25) is 4.98 Å². The molecule has 94 valence electrons. The van der Waals surface area contributed by atoms with Crippen molar-refractivity contribution in [3.8, 4) is 0 Å². The van der Waals surface area contributed by atoms with Crippen LogP contribution >= 0.6 is 15.9 Å². The summed E-state index contributed by atoms with van der Waals surface area (Å²) in [5, 5.41) is 0. The third kappa shape index (κ3) is 4.07. The molecule has 0 aliphatic heterocycles. The lowest BCUT2D eigenvalue weighted by molar-refractivity contribution is -0.0263. The van der Waals surface area contributed by atoms with Crippen LogP contribution in [0.5, 0.6) is 0 Å². The molecule has 1 saturated carbocycles. The number of nitrogens with zero attached hydrogens (tertiary/aromatic N) is 1. The van der Waals surface area contributed by atoms with Crippen molar-refractivity contribution in [1.29, 1.82) is 0 Å². The van der Waals surface area contributed by atoms with Crippen LogP contribution in [0.1, 0.15) is 31.7 Å². The smallest absolute Gasteiger partial charge is 0.0580 e. The number of alkyl halides is 1. The number of hydrogen-bond donors (Lipinski definition) is 0. The highest BCUT2D eigenvalue weighted by molar-refractivity contribution is 9.09. The van der Waals surface area contributed by atoms with Gasteiger partial charge in [0.1, 0.15) is 0 Å². The Morgan fingerprint density at radius 2 is 2.12 bits per heavy atom. The van der Waals surface area contributed by atoms with Gasteiger partial charge in [-0.05, 0) is 56.2 Å². The molecular formula is C14H20BrNO. The Hall–Kier alpha value is -0.410. The molecule has 1 heterocycles. The average molecular weight is 298 g/mol. The molecule has 0 bridgehead atoms. The van der Waals surface area contributed by atoms with E-state index in [0.717, 1.165) is 18.9 Å². The van der Waals surface area contributed by atoms with Crippen LogP contribution in [0, 0.1) is 5.92 Å². The molecule has 0 spiro atoms. The van der Waals surface area contributed by atoms with E-state index < -0.39 is 0 Å². The SMILES string of the molecule is CCOC1CC(CC(Br)Cc2ccncc2)C1. The summed E-state index contributed by atoms with van der Waals surface area (Å²) in [6.07, 6.45) is 9.10. The first kappa shape index (κ1) is 13.0. The molecule has 0 radical (unpaired) electrons. The van der Waals surface area contributed by atoms with E-state index in [2.05, 4.69) is 40.0 Å². The van der Waals surface area contributed by atoms with Crippen LogP contribution in [-0.2, 0) is 11.2 Å². The van der Waals surface area contributed by atoms with Gasteiger partial charge in [0, 0.05) is 23.8 Å². The number of halogens is 1. The molecule has 2 nitrogen and oxygen atoms in total. The second kappa shape index (κ2) is 6.50. The summed E-state index contributed by atoms with van der Waals surface area (Å²) in [7, 11) is 0. The van der Waals surface area contributed by atoms with Crippen molar-refractivity contribution in [2.75, 3.05) is 6.61 Å². The first-order valence-corrected chi connectivity index (χ1v) is 7.34. The van der Waals surface area contributed by atoms with Crippen molar-refractivity contribution in [2.45, 2.75) is 43.5 Å². The maximum atomic E-state index is 5.58. The zero-order valence-electron chi connectivity index (χ0n) is 10.3. The third-order valence-electron chi connectivity index (χ3n) is 3.39. The van der Waals surface area contributed by atoms with Gasteiger partial charge in [0.15, 0.2) is 0 Å². The number of hydrogen-bond acceptors (Lipinski definition) is 2. The van der Waals surface area contributed by atoms with E-state index in [-0.39, 0.29) is 0 Å². The van der Waals surface area contributed by atoms with Gasteiger partial charge in [-0.2, -0.15) is 0 Å². The molecule has 1 fully saturated rings. The Bertz CT molecular complexity index is 324. The van der Waals surface area contributed by atoms with Crippen molar-refractivity contribution in [2.24, 2.45) is 5.92 Å². The monoisotopic (exact) mass is 297 g/mol. The highest BCUT2D eigenvalue weighted by Gasteiger charge is 2.30. The number of ether oxygens (including phenoxy) is 1. The summed E-state index contributed by atoms with van der Waals surface area (Å²) in [5.41, 5.74) is 1.36. The van der Waals surface area contributed by atoms with Gasteiger partial charge in [-0.25, -0.2) is 0 Å². The first-order chi connectivity index (χ1) is 8.28. The Morgan fingerprint density at radius 1 is 1.41 bits per heavy atom. The second-order valence-corrected chi connectivity index (χ2v) is 6.10. The molecule has 1 aliphatic carbocycles. The van der Waals surface area contributed by atoms with Crippen LogP contribution in [0.4, 0.5) is 0 Å². The zero-order valence-corrected chi connectivity index (χ0v) is 11.9. The predicted octanol–water partition coefficient (Wildman–Crippen LogP) is 3.59. The maximum Gasteiger partial charge on any atom is 0.0580 e. The van der Waals surface area contributed by atoms with Crippen LogP contribution in [0.3, 0.4) is 0 Å². The quantitative estimate of drug-likeness (QED) is 0.749. The van der Waals surface area contributed by atoms with Gasteiger partial charge in [-0.1, -0.05) is 15.9 Å². The van der Waals surface area contributed by atoms with Gasteiger partial charge in [0.05, 0.1) is 6.10 Å². The van der Waals surface area contributed by atoms with Crippen molar-refractivity contribution in [3.63, 3.8) is 0 Å². The van der Waals surface area contributed by atoms with E-state index >= 15 is 0 Å². The minimum atomic E-state index is 0.533. The lowest BCUT2D eigenvalue weighted by Crippen LogP contribution is -2.33. The van der Waals surface area contributed by atoms with Crippen LogP contribution in [-0.4, -0.2) is 22.5 Å². The summed E-state index contributed by atoms with van der Waals surface area (Å²) in [6, 6.07) is 4.19. The first-order valence-electron chi connectivity index (χ1n) is 6.42. The number of pyridine rings is 1. The molecule has 17 heavy (non-hydrogen) atoms. The molecule has 1 atom stereocenters. The van der Waals surface area contributed by atoms with E-state index in [4.69, 9.17) is 4.74 Å². The normalized spacial score (nSPS) is 25.3. The van der Waals surface area contributed by atoms with Gasteiger partial charge in [0.25, 0.3) is 0 Å². The highest BCUT2D eigenvalue weighted by Crippen LogP contribution is 2.35. The summed E-state index contributed by atoms with van der Waals surface area (Å²) in [4.78, 5) is 4.62. The largest absolute Gasteiger partial charge is 0.378 e.